The van der Waals surface area contributed by atoms with Crippen molar-refractivity contribution in [3.63, 3.8) is 0 Å². The second-order valence-electron chi connectivity index (χ2n) is 3.12. The molecular formula is C8H2ClF8NO. The maximum absolute atomic E-state index is 13.0. The van der Waals surface area contributed by atoms with Crippen LogP contribution in [0.2, 0.25) is 5.15 Å². The van der Waals surface area contributed by atoms with Gasteiger partial charge in [0.15, 0.2) is 5.75 Å². The summed E-state index contributed by atoms with van der Waals surface area (Å²) >= 11 is 5.10. The lowest BCUT2D eigenvalue weighted by molar-refractivity contribution is -0.296. The number of pyridine rings is 1. The highest BCUT2D eigenvalue weighted by molar-refractivity contribution is 6.29. The zero-order valence-electron chi connectivity index (χ0n) is 8.41. The van der Waals surface area contributed by atoms with Crippen LogP contribution in [0.3, 0.4) is 0 Å². The van der Waals surface area contributed by atoms with Gasteiger partial charge in [0.1, 0.15) is 5.15 Å². The van der Waals surface area contributed by atoms with E-state index in [4.69, 9.17) is 11.6 Å². The van der Waals surface area contributed by atoms with E-state index in [0.717, 1.165) is 0 Å². The van der Waals surface area contributed by atoms with Crippen LogP contribution in [0.1, 0.15) is 5.56 Å². The minimum Gasteiger partial charge on any atom is -0.404 e. The number of rotatable bonds is 2. The van der Waals surface area contributed by atoms with Crippen molar-refractivity contribution >= 4 is 11.6 Å². The first-order valence-corrected chi connectivity index (χ1v) is 4.58. The molecule has 0 N–H and O–H groups in total. The van der Waals surface area contributed by atoms with Crippen molar-refractivity contribution in [3.8, 4) is 5.75 Å². The molecule has 108 valence electrons. The molecule has 0 radical (unpaired) electrons. The summed E-state index contributed by atoms with van der Waals surface area (Å²) in [5, 5.41) is -0.839. The third-order valence-electron chi connectivity index (χ3n) is 1.75. The third-order valence-corrected chi connectivity index (χ3v) is 1.96. The summed E-state index contributed by atoms with van der Waals surface area (Å²) in [6, 6.07) is -0.0455. The first-order chi connectivity index (χ1) is 8.34. The van der Waals surface area contributed by atoms with Gasteiger partial charge >= 0.3 is 18.5 Å². The molecule has 0 fully saturated rings. The molecule has 0 saturated carbocycles. The number of halogens is 9. The maximum atomic E-state index is 13.0. The molecule has 2 nitrogen and oxygen atoms in total. The molecule has 0 atom stereocenters. The number of alkyl halides is 8. The predicted molar refractivity (Wildman–Crippen MR) is 45.9 cm³/mol. The molecule has 0 aliphatic carbocycles. The second-order valence-corrected chi connectivity index (χ2v) is 3.51. The van der Waals surface area contributed by atoms with Crippen molar-refractivity contribution < 1.29 is 39.9 Å². The summed E-state index contributed by atoms with van der Waals surface area (Å²) in [6.45, 7) is 0. The lowest BCUT2D eigenvalue weighted by Crippen LogP contribution is -2.35. The molecule has 0 bridgehead atoms. The topological polar surface area (TPSA) is 22.1 Å². The lowest BCUT2D eigenvalue weighted by Gasteiger charge is -2.22. The van der Waals surface area contributed by atoms with Crippen LogP contribution < -0.4 is 4.74 Å². The quantitative estimate of drug-likeness (QED) is 0.600. The number of nitrogens with zero attached hydrogens (tertiary/aromatic N) is 1. The maximum Gasteiger partial charge on any atom is 0.573 e. The van der Waals surface area contributed by atoms with Crippen molar-refractivity contribution in [2.24, 2.45) is 0 Å². The van der Waals surface area contributed by atoms with Crippen LogP contribution in [0, 0.1) is 0 Å². The van der Waals surface area contributed by atoms with E-state index in [1.54, 1.807) is 0 Å². The molecule has 0 saturated heterocycles. The van der Waals surface area contributed by atoms with Crippen molar-refractivity contribution in [2.45, 2.75) is 18.5 Å². The van der Waals surface area contributed by atoms with Gasteiger partial charge in [0.2, 0.25) is 0 Å². The molecule has 0 aromatic carbocycles. The fourth-order valence-corrected chi connectivity index (χ4v) is 1.18. The monoisotopic (exact) mass is 315 g/mol. The van der Waals surface area contributed by atoms with Crippen LogP contribution in [-0.2, 0) is 5.92 Å². The van der Waals surface area contributed by atoms with Gasteiger partial charge in [0.25, 0.3) is 0 Å². The highest BCUT2D eigenvalue weighted by atomic mass is 35.5. The Hall–Kier alpha value is -1.32. The molecule has 11 heteroatoms. The molecule has 1 aromatic heterocycles. The fraction of sp³-hybridized carbons (Fsp3) is 0.375. The van der Waals surface area contributed by atoms with Crippen LogP contribution in [0.4, 0.5) is 35.1 Å². The molecule has 1 aromatic rings. The van der Waals surface area contributed by atoms with Crippen LogP contribution in [0.5, 0.6) is 5.75 Å². The largest absolute Gasteiger partial charge is 0.573 e. The minimum atomic E-state index is -6.11. The molecule has 0 aliphatic heterocycles. The zero-order valence-corrected chi connectivity index (χ0v) is 9.17. The molecule has 0 amide bonds. The Morgan fingerprint density at radius 1 is 1.00 bits per heavy atom. The number of aromatic nitrogens is 1. The summed E-state index contributed by atoms with van der Waals surface area (Å²) in [5.41, 5.74) is -2.07. The Bertz CT molecular complexity index is 469. The van der Waals surface area contributed by atoms with Gasteiger partial charge in [-0.1, -0.05) is 11.6 Å². The van der Waals surface area contributed by atoms with Gasteiger partial charge in [-0.25, -0.2) is 4.98 Å². The smallest absolute Gasteiger partial charge is 0.404 e. The highest BCUT2D eigenvalue weighted by Crippen LogP contribution is 2.48. The Balaban J connectivity index is 3.37. The van der Waals surface area contributed by atoms with Gasteiger partial charge < -0.3 is 4.74 Å². The van der Waals surface area contributed by atoms with Gasteiger partial charge in [0.05, 0.1) is 11.8 Å². The molecule has 0 aliphatic rings. The number of ether oxygens (including phenoxy) is 1. The standard InChI is InChI=1S/C8H2ClF8NO/c9-5-1-3(6(10,11)7(12,13)14)4(2-18-5)19-8(15,16)17/h1-2H. The summed E-state index contributed by atoms with van der Waals surface area (Å²) < 4.78 is 101. The Morgan fingerprint density at radius 3 is 1.95 bits per heavy atom. The van der Waals surface area contributed by atoms with Crippen LogP contribution in [-0.4, -0.2) is 17.5 Å². The lowest BCUT2D eigenvalue weighted by atomic mass is 10.1. The highest BCUT2D eigenvalue weighted by Gasteiger charge is 2.60. The average Bonchev–Trinajstić information content (AvgIpc) is 2.16. The normalized spacial score (nSPS) is 13.5. The first-order valence-electron chi connectivity index (χ1n) is 4.21. The summed E-state index contributed by atoms with van der Waals surface area (Å²) in [5.74, 6) is -7.35. The van der Waals surface area contributed by atoms with Gasteiger partial charge in [-0.15, -0.1) is 13.2 Å². The summed E-state index contributed by atoms with van der Waals surface area (Å²) in [6.07, 6.45) is -11.5. The van der Waals surface area contributed by atoms with Gasteiger partial charge in [-0.3, -0.25) is 0 Å². The Kier molecular flexibility index (Phi) is 3.86. The molecule has 0 spiro atoms. The van der Waals surface area contributed by atoms with Crippen molar-refractivity contribution in [1.29, 1.82) is 0 Å². The van der Waals surface area contributed by atoms with Crippen molar-refractivity contribution in [3.05, 3.63) is 23.0 Å². The van der Waals surface area contributed by atoms with E-state index < -0.39 is 34.9 Å². The van der Waals surface area contributed by atoms with E-state index >= 15 is 0 Å². The molecule has 19 heavy (non-hydrogen) atoms. The Labute approximate surface area is 104 Å². The SMILES string of the molecule is FC(F)(F)Oc1cnc(Cl)cc1C(F)(F)C(F)(F)F. The minimum absolute atomic E-state index is 0.0325. The summed E-state index contributed by atoms with van der Waals surface area (Å²) in [4.78, 5) is 2.96. The van der Waals surface area contributed by atoms with E-state index in [-0.39, 0.29) is 12.3 Å². The van der Waals surface area contributed by atoms with Crippen molar-refractivity contribution in [1.82, 2.24) is 4.98 Å². The third kappa shape index (κ3) is 3.58. The van der Waals surface area contributed by atoms with E-state index in [1.807, 2.05) is 0 Å². The number of hydrogen-bond acceptors (Lipinski definition) is 2. The van der Waals surface area contributed by atoms with Gasteiger partial charge in [-0.05, 0) is 6.07 Å². The summed E-state index contributed by atoms with van der Waals surface area (Å²) in [7, 11) is 0. The van der Waals surface area contributed by atoms with E-state index in [0.29, 0.717) is 0 Å². The van der Waals surface area contributed by atoms with Crippen LogP contribution in [0.15, 0.2) is 12.3 Å². The second kappa shape index (κ2) is 4.66. The van der Waals surface area contributed by atoms with Crippen molar-refractivity contribution in [2.75, 3.05) is 0 Å². The first kappa shape index (κ1) is 15.7. The van der Waals surface area contributed by atoms with E-state index in [1.165, 1.54) is 0 Å². The van der Waals surface area contributed by atoms with Crippen LogP contribution in [0.25, 0.3) is 0 Å². The Morgan fingerprint density at radius 2 is 1.53 bits per heavy atom. The fourth-order valence-electron chi connectivity index (χ4n) is 1.02. The van der Waals surface area contributed by atoms with E-state index in [2.05, 4.69) is 9.72 Å². The van der Waals surface area contributed by atoms with Gasteiger partial charge in [-0.2, -0.15) is 22.0 Å². The average molecular weight is 316 g/mol. The van der Waals surface area contributed by atoms with Gasteiger partial charge in [0, 0.05) is 0 Å². The predicted octanol–water partition coefficient (Wildman–Crippen LogP) is 4.29. The van der Waals surface area contributed by atoms with E-state index in [9.17, 15) is 35.1 Å². The van der Waals surface area contributed by atoms with Crippen LogP contribution >= 0.6 is 11.6 Å². The molecule has 0 unspecified atom stereocenters. The molecule has 1 rings (SSSR count). The number of hydrogen-bond donors (Lipinski definition) is 0. The molecular weight excluding hydrogens is 314 g/mol. The zero-order chi connectivity index (χ0) is 15.1. The molecule has 1 heterocycles.